The summed E-state index contributed by atoms with van der Waals surface area (Å²) in [7, 11) is 0. The van der Waals surface area contributed by atoms with Gasteiger partial charge in [0, 0.05) is 44.0 Å². The van der Waals surface area contributed by atoms with Crippen LogP contribution in [0.4, 0.5) is 0 Å². The van der Waals surface area contributed by atoms with Gasteiger partial charge in [-0.25, -0.2) is 4.98 Å². The van der Waals surface area contributed by atoms with Crippen molar-refractivity contribution < 1.29 is 4.79 Å². The molecule has 2 aromatic heterocycles. The van der Waals surface area contributed by atoms with Gasteiger partial charge >= 0.3 is 0 Å². The number of rotatable bonds is 4. The van der Waals surface area contributed by atoms with Gasteiger partial charge in [-0.1, -0.05) is 13.0 Å². The average Bonchev–Trinajstić information content (AvgIpc) is 3.18. The van der Waals surface area contributed by atoms with Gasteiger partial charge in [0.25, 0.3) is 5.91 Å². The first-order valence-corrected chi connectivity index (χ1v) is 8.09. The molecule has 0 saturated carbocycles. The third-order valence-corrected chi connectivity index (χ3v) is 4.54. The summed E-state index contributed by atoms with van der Waals surface area (Å²) in [6.07, 6.45) is 0.759. The summed E-state index contributed by atoms with van der Waals surface area (Å²) in [4.78, 5) is 22.1. The number of amides is 1. The fraction of sp³-hybridized carbons (Fsp3) is 0.500. The molecule has 1 aliphatic rings. The molecule has 7 heteroatoms. The molecule has 0 spiro atoms. The topological polar surface area (TPSA) is 65.1 Å². The van der Waals surface area contributed by atoms with E-state index in [4.69, 9.17) is 0 Å². The van der Waals surface area contributed by atoms with E-state index in [1.54, 1.807) is 11.3 Å². The van der Waals surface area contributed by atoms with E-state index in [2.05, 4.69) is 37.6 Å². The Morgan fingerprint density at radius 3 is 2.81 bits per heavy atom. The molecule has 1 aliphatic heterocycles. The van der Waals surface area contributed by atoms with Crippen molar-refractivity contribution in [3.05, 3.63) is 34.0 Å². The van der Waals surface area contributed by atoms with E-state index >= 15 is 0 Å². The Morgan fingerprint density at radius 1 is 1.38 bits per heavy atom. The first-order valence-electron chi connectivity index (χ1n) is 7.21. The molecule has 1 saturated heterocycles. The number of thiophene rings is 1. The number of hydrogen-bond acceptors (Lipinski definition) is 5. The van der Waals surface area contributed by atoms with E-state index in [1.807, 2.05) is 11.8 Å². The van der Waals surface area contributed by atoms with Crippen LogP contribution in [0.5, 0.6) is 0 Å². The van der Waals surface area contributed by atoms with Crippen LogP contribution in [0.25, 0.3) is 0 Å². The third-order valence-electron chi connectivity index (χ3n) is 3.68. The zero-order valence-electron chi connectivity index (χ0n) is 12.1. The predicted molar refractivity (Wildman–Crippen MR) is 81.3 cm³/mol. The Balaban J connectivity index is 1.54. The molecule has 1 amide bonds. The second-order valence-corrected chi connectivity index (χ2v) is 6.14. The molecule has 1 N–H and O–H groups in total. The number of aryl methyl sites for hydroxylation is 1. The van der Waals surface area contributed by atoms with Gasteiger partial charge in [-0.2, -0.15) is 0 Å². The maximum atomic E-state index is 12.3. The van der Waals surface area contributed by atoms with Gasteiger partial charge in [0.2, 0.25) is 5.82 Å². The molecule has 112 valence electrons. The molecule has 2 aromatic rings. The summed E-state index contributed by atoms with van der Waals surface area (Å²) >= 11 is 1.78. The molecule has 0 bridgehead atoms. The van der Waals surface area contributed by atoms with E-state index in [0.717, 1.165) is 45.0 Å². The summed E-state index contributed by atoms with van der Waals surface area (Å²) in [5.74, 6) is 0.981. The minimum absolute atomic E-state index is 0.0678. The summed E-state index contributed by atoms with van der Waals surface area (Å²) in [6, 6.07) is 4.23. The molecule has 0 aromatic carbocycles. The van der Waals surface area contributed by atoms with Crippen LogP contribution in [0, 0.1) is 0 Å². The molecule has 3 heterocycles. The van der Waals surface area contributed by atoms with Gasteiger partial charge < -0.3 is 4.90 Å². The Bertz CT molecular complexity index is 586. The minimum atomic E-state index is -0.0678. The lowest BCUT2D eigenvalue weighted by Gasteiger charge is -2.33. The van der Waals surface area contributed by atoms with Crippen LogP contribution >= 0.6 is 11.3 Å². The van der Waals surface area contributed by atoms with Crippen molar-refractivity contribution >= 4 is 17.2 Å². The molecule has 0 atom stereocenters. The summed E-state index contributed by atoms with van der Waals surface area (Å²) < 4.78 is 0. The lowest BCUT2D eigenvalue weighted by Crippen LogP contribution is -2.48. The number of piperazine rings is 1. The first kappa shape index (κ1) is 14.2. The molecule has 0 aliphatic carbocycles. The van der Waals surface area contributed by atoms with Gasteiger partial charge in [-0.05, 0) is 11.4 Å². The molecular formula is C14H19N5OS. The van der Waals surface area contributed by atoms with Crippen LogP contribution in [0.1, 0.15) is 28.2 Å². The summed E-state index contributed by atoms with van der Waals surface area (Å²) in [6.45, 7) is 6.22. The van der Waals surface area contributed by atoms with Crippen molar-refractivity contribution in [2.24, 2.45) is 0 Å². The lowest BCUT2D eigenvalue weighted by molar-refractivity contribution is 0.0618. The van der Waals surface area contributed by atoms with Crippen molar-refractivity contribution in [2.45, 2.75) is 19.9 Å². The van der Waals surface area contributed by atoms with E-state index in [0.29, 0.717) is 5.82 Å². The Hall–Kier alpha value is -1.73. The molecule has 0 radical (unpaired) electrons. The molecule has 0 unspecified atom stereocenters. The molecule has 1 fully saturated rings. The highest BCUT2D eigenvalue weighted by molar-refractivity contribution is 7.09. The van der Waals surface area contributed by atoms with Gasteiger partial charge in [-0.3, -0.25) is 14.8 Å². The number of aromatic nitrogens is 3. The summed E-state index contributed by atoms with van der Waals surface area (Å²) in [5.41, 5.74) is 0. The molecule has 3 rings (SSSR count). The van der Waals surface area contributed by atoms with Crippen LogP contribution in [-0.2, 0) is 13.0 Å². The normalized spacial score (nSPS) is 16.3. The second-order valence-electron chi connectivity index (χ2n) is 5.11. The number of nitrogens with one attached hydrogen (secondary N) is 1. The largest absolute Gasteiger partial charge is 0.333 e. The Morgan fingerprint density at radius 2 is 2.19 bits per heavy atom. The zero-order chi connectivity index (χ0) is 14.7. The fourth-order valence-corrected chi connectivity index (χ4v) is 3.17. The second kappa shape index (κ2) is 6.36. The monoisotopic (exact) mass is 305 g/mol. The molecular weight excluding hydrogens is 286 g/mol. The van der Waals surface area contributed by atoms with Gasteiger partial charge in [-0.15, -0.1) is 16.4 Å². The Kier molecular flexibility index (Phi) is 4.31. The maximum absolute atomic E-state index is 12.3. The smallest absolute Gasteiger partial charge is 0.293 e. The van der Waals surface area contributed by atoms with Crippen molar-refractivity contribution in [3.8, 4) is 0 Å². The van der Waals surface area contributed by atoms with E-state index in [1.165, 1.54) is 4.88 Å². The van der Waals surface area contributed by atoms with Crippen molar-refractivity contribution in [1.82, 2.24) is 25.0 Å². The molecule has 6 nitrogen and oxygen atoms in total. The van der Waals surface area contributed by atoms with Crippen LogP contribution in [0.3, 0.4) is 0 Å². The van der Waals surface area contributed by atoms with Crippen LogP contribution < -0.4 is 0 Å². The van der Waals surface area contributed by atoms with Crippen molar-refractivity contribution in [2.75, 3.05) is 26.2 Å². The highest BCUT2D eigenvalue weighted by atomic mass is 32.1. The van der Waals surface area contributed by atoms with E-state index in [-0.39, 0.29) is 5.91 Å². The number of H-pyrrole nitrogens is 1. The van der Waals surface area contributed by atoms with Crippen molar-refractivity contribution in [1.29, 1.82) is 0 Å². The number of aromatic amines is 1. The number of nitrogens with zero attached hydrogens (tertiary/aromatic N) is 4. The number of carbonyl (C=O) groups excluding carboxylic acids is 1. The van der Waals surface area contributed by atoms with Crippen molar-refractivity contribution in [3.63, 3.8) is 0 Å². The third kappa shape index (κ3) is 3.30. The maximum Gasteiger partial charge on any atom is 0.293 e. The number of hydrogen-bond donors (Lipinski definition) is 1. The molecule has 21 heavy (non-hydrogen) atoms. The lowest BCUT2D eigenvalue weighted by atomic mass is 10.3. The van der Waals surface area contributed by atoms with Gasteiger partial charge in [0.05, 0.1) is 0 Å². The first-order chi connectivity index (χ1) is 10.3. The SMILES string of the molecule is CCc1nc(C(=O)N2CCN(Cc3cccs3)CC2)n[nH]1. The van der Waals surface area contributed by atoms with Crippen LogP contribution in [0.15, 0.2) is 17.5 Å². The predicted octanol–water partition coefficient (Wildman–Crippen LogP) is 1.39. The van der Waals surface area contributed by atoms with Gasteiger partial charge in [0.15, 0.2) is 0 Å². The fourth-order valence-electron chi connectivity index (χ4n) is 2.42. The van der Waals surface area contributed by atoms with Gasteiger partial charge in [0.1, 0.15) is 5.82 Å². The number of carbonyl (C=O) groups is 1. The standard InChI is InChI=1S/C14H19N5OS/c1-2-12-15-13(17-16-12)14(20)19-7-5-18(6-8-19)10-11-4-3-9-21-11/h3-4,9H,2,5-8,10H2,1H3,(H,15,16,17). The zero-order valence-corrected chi connectivity index (χ0v) is 12.9. The quantitative estimate of drug-likeness (QED) is 0.927. The van der Waals surface area contributed by atoms with E-state index in [9.17, 15) is 4.79 Å². The average molecular weight is 305 g/mol. The minimum Gasteiger partial charge on any atom is -0.333 e. The highest BCUT2D eigenvalue weighted by Gasteiger charge is 2.24. The highest BCUT2D eigenvalue weighted by Crippen LogP contribution is 2.14. The van der Waals surface area contributed by atoms with E-state index < -0.39 is 0 Å². The Labute approximate surface area is 127 Å². The van der Waals surface area contributed by atoms with Crippen LogP contribution in [-0.4, -0.2) is 57.1 Å². The van der Waals surface area contributed by atoms with Crippen LogP contribution in [0.2, 0.25) is 0 Å². The summed E-state index contributed by atoms with van der Waals surface area (Å²) in [5, 5.41) is 8.90.